The summed E-state index contributed by atoms with van der Waals surface area (Å²) in [7, 11) is 3.24. The lowest BCUT2D eigenvalue weighted by molar-refractivity contribution is -0.124. The van der Waals surface area contributed by atoms with Crippen LogP contribution in [0.25, 0.3) is 0 Å². The van der Waals surface area contributed by atoms with Crippen molar-refractivity contribution in [2.45, 2.75) is 18.9 Å². The van der Waals surface area contributed by atoms with Gasteiger partial charge in [-0.15, -0.1) is 0 Å². The van der Waals surface area contributed by atoms with Gasteiger partial charge in [-0.2, -0.15) is 11.8 Å². The van der Waals surface area contributed by atoms with Crippen LogP contribution >= 0.6 is 11.8 Å². The van der Waals surface area contributed by atoms with Crippen LogP contribution in [0.1, 0.15) is 18.0 Å². The summed E-state index contributed by atoms with van der Waals surface area (Å²) in [6.45, 7) is 0.589. The van der Waals surface area contributed by atoms with Crippen molar-refractivity contribution in [3.05, 3.63) is 48.3 Å². The molecule has 0 aliphatic carbocycles. The van der Waals surface area contributed by atoms with E-state index >= 15 is 0 Å². The Balaban J connectivity index is 1.92. The monoisotopic (exact) mass is 362 g/mol. The molecule has 1 aromatic heterocycles. The zero-order valence-electron chi connectivity index (χ0n) is 15.0. The number of nitrogens with one attached hydrogen (secondary N) is 1. The summed E-state index contributed by atoms with van der Waals surface area (Å²) in [5.74, 6) is 2.42. The molecule has 0 spiro atoms. The highest BCUT2D eigenvalue weighted by atomic mass is 32.2. The third-order valence-electron chi connectivity index (χ3n) is 4.05. The molecule has 0 radical (unpaired) electrons. The minimum atomic E-state index is -0.159. The van der Waals surface area contributed by atoms with E-state index in [1.54, 1.807) is 26.0 Å². The fourth-order valence-corrected chi connectivity index (χ4v) is 3.14. The molecule has 1 amide bonds. The number of nitrogens with zero attached hydrogens (tertiary/aromatic N) is 1. The molecule has 0 aliphatic heterocycles. The first-order valence-electron chi connectivity index (χ1n) is 8.29. The Morgan fingerprint density at radius 1 is 1.20 bits per heavy atom. The van der Waals surface area contributed by atoms with E-state index < -0.39 is 0 Å². The molecule has 2 rings (SSSR count). The number of methoxy groups -OCH3 is 2. The molecule has 0 saturated carbocycles. The molecular formula is C19H26N2O3S. The molecule has 2 aromatic rings. The minimum absolute atomic E-state index is 0.0609. The van der Waals surface area contributed by atoms with Crippen LogP contribution < -0.4 is 14.8 Å². The van der Waals surface area contributed by atoms with Crippen molar-refractivity contribution in [2.75, 3.05) is 32.8 Å². The van der Waals surface area contributed by atoms with Crippen LogP contribution in [0.15, 0.2) is 42.7 Å². The van der Waals surface area contributed by atoms with E-state index in [0.717, 1.165) is 24.2 Å². The highest BCUT2D eigenvalue weighted by Crippen LogP contribution is 2.27. The summed E-state index contributed by atoms with van der Waals surface area (Å²) in [4.78, 5) is 12.6. The van der Waals surface area contributed by atoms with E-state index in [4.69, 9.17) is 9.47 Å². The van der Waals surface area contributed by atoms with Crippen molar-refractivity contribution in [3.8, 4) is 11.5 Å². The van der Waals surface area contributed by atoms with Gasteiger partial charge in [0.2, 0.25) is 5.91 Å². The standard InChI is InChI=1S/C19H26N2O3S/c1-23-17-7-6-15(14-18(17)24-2)8-10-20-19(22)16(9-13-25-3)21-11-4-5-12-21/h4-7,11-12,14,16H,8-10,13H2,1-3H3,(H,20,22)/t16-/m1/s1. The molecule has 25 heavy (non-hydrogen) atoms. The van der Waals surface area contributed by atoms with Gasteiger partial charge in [0.25, 0.3) is 0 Å². The predicted molar refractivity (Wildman–Crippen MR) is 103 cm³/mol. The zero-order chi connectivity index (χ0) is 18.1. The Morgan fingerprint density at radius 3 is 2.56 bits per heavy atom. The fourth-order valence-electron chi connectivity index (χ4n) is 2.68. The number of carbonyl (C=O) groups is 1. The predicted octanol–water partition coefficient (Wildman–Crippen LogP) is 3.16. The molecule has 1 aromatic carbocycles. The van der Waals surface area contributed by atoms with Crippen molar-refractivity contribution < 1.29 is 14.3 Å². The number of benzene rings is 1. The highest BCUT2D eigenvalue weighted by Gasteiger charge is 2.18. The second-order valence-corrected chi connectivity index (χ2v) is 6.64. The lowest BCUT2D eigenvalue weighted by Crippen LogP contribution is -2.33. The minimum Gasteiger partial charge on any atom is -0.493 e. The topological polar surface area (TPSA) is 52.5 Å². The first kappa shape index (κ1) is 19.2. The summed E-state index contributed by atoms with van der Waals surface area (Å²) >= 11 is 1.75. The maximum Gasteiger partial charge on any atom is 0.243 e. The van der Waals surface area contributed by atoms with Gasteiger partial charge in [0.1, 0.15) is 6.04 Å². The number of rotatable bonds is 10. The second kappa shape index (κ2) is 10.0. The summed E-state index contributed by atoms with van der Waals surface area (Å²) < 4.78 is 12.5. The first-order valence-corrected chi connectivity index (χ1v) is 9.69. The molecule has 5 nitrogen and oxygen atoms in total. The maximum absolute atomic E-state index is 12.6. The van der Waals surface area contributed by atoms with Gasteiger partial charge in [0.15, 0.2) is 11.5 Å². The normalized spacial score (nSPS) is 11.8. The zero-order valence-corrected chi connectivity index (χ0v) is 15.8. The van der Waals surface area contributed by atoms with E-state index in [9.17, 15) is 4.79 Å². The van der Waals surface area contributed by atoms with Crippen LogP contribution in [-0.4, -0.2) is 43.2 Å². The second-order valence-electron chi connectivity index (χ2n) is 5.66. The summed E-state index contributed by atoms with van der Waals surface area (Å²) in [6.07, 6.45) is 7.50. The fraction of sp³-hybridized carbons (Fsp3) is 0.421. The number of aromatic nitrogens is 1. The molecule has 1 N–H and O–H groups in total. The van der Waals surface area contributed by atoms with Crippen molar-refractivity contribution >= 4 is 17.7 Å². The average Bonchev–Trinajstić information content (AvgIpc) is 3.16. The Labute approximate surface area is 153 Å². The molecule has 0 saturated heterocycles. The van der Waals surface area contributed by atoms with Gasteiger partial charge in [-0.05, 0) is 54.7 Å². The number of ether oxygens (including phenoxy) is 2. The highest BCUT2D eigenvalue weighted by molar-refractivity contribution is 7.98. The van der Waals surface area contributed by atoms with Gasteiger partial charge in [0, 0.05) is 18.9 Å². The molecular weight excluding hydrogens is 336 g/mol. The van der Waals surface area contributed by atoms with Crippen LogP contribution in [-0.2, 0) is 11.2 Å². The van der Waals surface area contributed by atoms with Gasteiger partial charge in [0.05, 0.1) is 14.2 Å². The van der Waals surface area contributed by atoms with Crippen LogP contribution in [0, 0.1) is 0 Å². The molecule has 0 fully saturated rings. The van der Waals surface area contributed by atoms with E-state index in [2.05, 4.69) is 11.6 Å². The van der Waals surface area contributed by atoms with E-state index in [1.165, 1.54) is 0 Å². The number of hydrogen-bond donors (Lipinski definition) is 1. The van der Waals surface area contributed by atoms with E-state index in [0.29, 0.717) is 18.0 Å². The summed E-state index contributed by atoms with van der Waals surface area (Å²) in [5, 5.41) is 3.05. The lowest BCUT2D eigenvalue weighted by atomic mass is 10.1. The van der Waals surface area contributed by atoms with Gasteiger partial charge in [-0.1, -0.05) is 6.07 Å². The van der Waals surface area contributed by atoms with Gasteiger partial charge < -0.3 is 19.4 Å². The SMILES string of the molecule is COc1ccc(CCNC(=O)[C@@H](CCSC)n2cccc2)cc1OC. The van der Waals surface area contributed by atoms with Crippen molar-refractivity contribution in [2.24, 2.45) is 0 Å². The Bertz CT molecular complexity index is 659. The molecule has 0 unspecified atom stereocenters. The number of amides is 1. The van der Waals surface area contributed by atoms with E-state index in [1.807, 2.05) is 47.3 Å². The molecule has 6 heteroatoms. The molecule has 1 heterocycles. The van der Waals surface area contributed by atoms with Gasteiger partial charge >= 0.3 is 0 Å². The molecule has 136 valence electrons. The molecule has 1 atom stereocenters. The quantitative estimate of drug-likeness (QED) is 0.705. The third-order valence-corrected chi connectivity index (χ3v) is 4.69. The van der Waals surface area contributed by atoms with Crippen molar-refractivity contribution in [1.29, 1.82) is 0 Å². The summed E-state index contributed by atoms with van der Waals surface area (Å²) in [5.41, 5.74) is 1.10. The number of hydrogen-bond acceptors (Lipinski definition) is 4. The third kappa shape index (κ3) is 5.46. The van der Waals surface area contributed by atoms with Gasteiger partial charge in [-0.3, -0.25) is 4.79 Å². The molecule has 0 bridgehead atoms. The maximum atomic E-state index is 12.6. The van der Waals surface area contributed by atoms with Gasteiger partial charge in [-0.25, -0.2) is 0 Å². The lowest BCUT2D eigenvalue weighted by Gasteiger charge is -2.18. The Morgan fingerprint density at radius 2 is 1.92 bits per heavy atom. The largest absolute Gasteiger partial charge is 0.493 e. The smallest absolute Gasteiger partial charge is 0.243 e. The Kier molecular flexibility index (Phi) is 7.73. The average molecular weight is 362 g/mol. The number of carbonyl (C=O) groups excluding carboxylic acids is 1. The molecule has 0 aliphatic rings. The van der Waals surface area contributed by atoms with Crippen molar-refractivity contribution in [1.82, 2.24) is 9.88 Å². The van der Waals surface area contributed by atoms with Crippen LogP contribution in [0.4, 0.5) is 0 Å². The summed E-state index contributed by atoms with van der Waals surface area (Å²) in [6, 6.07) is 9.56. The van der Waals surface area contributed by atoms with E-state index in [-0.39, 0.29) is 11.9 Å². The van der Waals surface area contributed by atoms with Crippen LogP contribution in [0.2, 0.25) is 0 Å². The first-order chi connectivity index (χ1) is 12.2. The van der Waals surface area contributed by atoms with Crippen LogP contribution in [0.3, 0.4) is 0 Å². The van der Waals surface area contributed by atoms with Crippen LogP contribution in [0.5, 0.6) is 11.5 Å². The number of thioether (sulfide) groups is 1. The Hall–Kier alpha value is -2.08. The van der Waals surface area contributed by atoms with Crippen molar-refractivity contribution in [3.63, 3.8) is 0 Å².